The molecule has 0 spiro atoms. The van der Waals surface area contributed by atoms with Gasteiger partial charge in [-0.25, -0.2) is 18.4 Å². The zero-order chi connectivity index (χ0) is 19.4. The summed E-state index contributed by atoms with van der Waals surface area (Å²) in [6, 6.07) is 5.60. The largest absolute Gasteiger partial charge is 0.338 e. The Kier molecular flexibility index (Phi) is 5.50. The molecule has 2 aromatic rings. The lowest BCUT2D eigenvalue weighted by Gasteiger charge is -2.35. The number of pyridine rings is 1. The quantitative estimate of drug-likeness (QED) is 0.769. The van der Waals surface area contributed by atoms with Crippen molar-refractivity contribution in [2.24, 2.45) is 0 Å². The van der Waals surface area contributed by atoms with E-state index in [2.05, 4.69) is 15.0 Å². The molecule has 3 heterocycles. The number of hydrogen-bond acceptors (Lipinski definition) is 6. The second kappa shape index (κ2) is 8.20. The van der Waals surface area contributed by atoms with Gasteiger partial charge in [-0.3, -0.25) is 4.98 Å². The molecule has 28 heavy (non-hydrogen) atoms. The van der Waals surface area contributed by atoms with E-state index < -0.39 is 10.0 Å². The summed E-state index contributed by atoms with van der Waals surface area (Å²) >= 11 is 0. The number of anilines is 1. The van der Waals surface area contributed by atoms with E-state index in [9.17, 15) is 8.42 Å². The third kappa shape index (κ3) is 3.98. The van der Waals surface area contributed by atoms with Gasteiger partial charge in [-0.05, 0) is 42.5 Å². The van der Waals surface area contributed by atoms with Gasteiger partial charge in [0.25, 0.3) is 0 Å². The Balaban J connectivity index is 1.48. The number of rotatable bonds is 5. The molecule has 7 nitrogen and oxygen atoms in total. The van der Waals surface area contributed by atoms with Crippen LogP contribution in [0.4, 0.5) is 5.95 Å². The molecule has 0 saturated carbocycles. The first-order chi connectivity index (χ1) is 13.6. The summed E-state index contributed by atoms with van der Waals surface area (Å²) in [6.45, 7) is 1.98. The maximum Gasteiger partial charge on any atom is 0.243 e. The number of hydrogen-bond donors (Lipinski definition) is 0. The molecule has 4 rings (SSSR count). The van der Waals surface area contributed by atoms with Crippen molar-refractivity contribution in [3.05, 3.63) is 77.6 Å². The number of aromatic nitrogens is 3. The summed E-state index contributed by atoms with van der Waals surface area (Å²) in [5.41, 5.74) is 1.81. The third-order valence-electron chi connectivity index (χ3n) is 4.88. The molecule has 1 fully saturated rings. The van der Waals surface area contributed by atoms with Crippen LogP contribution in [0.3, 0.4) is 0 Å². The van der Waals surface area contributed by atoms with Gasteiger partial charge in [0.15, 0.2) is 0 Å². The smallest absolute Gasteiger partial charge is 0.243 e. The van der Waals surface area contributed by atoms with Gasteiger partial charge in [-0.2, -0.15) is 4.31 Å². The molecule has 8 heteroatoms. The summed E-state index contributed by atoms with van der Waals surface area (Å²) in [4.78, 5) is 15.1. The van der Waals surface area contributed by atoms with Crippen LogP contribution >= 0.6 is 0 Å². The van der Waals surface area contributed by atoms with Crippen LogP contribution in [0.1, 0.15) is 12.0 Å². The normalized spacial score (nSPS) is 18.5. The maximum atomic E-state index is 13.3. The van der Waals surface area contributed by atoms with E-state index in [1.165, 1.54) is 0 Å². The molecule has 145 valence electrons. The summed E-state index contributed by atoms with van der Waals surface area (Å²) in [5.74, 6) is 0.642. The SMILES string of the molecule is O=S(=O)(C1=CC[CH]C=C1Cc1cccnc1)N1CCN(c2ncccn2)CC1. The topological polar surface area (TPSA) is 79.3 Å². The Morgan fingerprint density at radius 3 is 2.50 bits per heavy atom. The van der Waals surface area contributed by atoms with E-state index in [4.69, 9.17) is 0 Å². The van der Waals surface area contributed by atoms with E-state index in [0.717, 1.165) is 11.1 Å². The second-order valence-corrected chi connectivity index (χ2v) is 8.62. The van der Waals surface area contributed by atoms with Crippen LogP contribution in [0.2, 0.25) is 0 Å². The van der Waals surface area contributed by atoms with Crippen molar-refractivity contribution < 1.29 is 8.42 Å². The van der Waals surface area contributed by atoms with E-state index in [1.807, 2.05) is 35.6 Å². The summed E-state index contributed by atoms with van der Waals surface area (Å²) < 4.78 is 28.2. The van der Waals surface area contributed by atoms with Crippen LogP contribution in [0.5, 0.6) is 0 Å². The van der Waals surface area contributed by atoms with Crippen LogP contribution in [0.25, 0.3) is 0 Å². The molecule has 0 unspecified atom stereocenters. The lowest BCUT2D eigenvalue weighted by Crippen LogP contribution is -2.49. The van der Waals surface area contributed by atoms with Gasteiger partial charge in [0.1, 0.15) is 0 Å². The summed E-state index contributed by atoms with van der Waals surface area (Å²) in [5, 5.41) is 0. The Morgan fingerprint density at radius 2 is 1.79 bits per heavy atom. The van der Waals surface area contributed by atoms with Crippen molar-refractivity contribution in [1.82, 2.24) is 19.3 Å². The third-order valence-corrected chi connectivity index (χ3v) is 6.91. The fourth-order valence-electron chi connectivity index (χ4n) is 3.46. The first-order valence-electron chi connectivity index (χ1n) is 9.28. The average molecular weight is 396 g/mol. The Morgan fingerprint density at radius 1 is 1.00 bits per heavy atom. The standard InChI is InChI=1S/C20H22N5O2S/c26-28(27,25-13-11-24(12-14-25)20-22-9-4-10-23-20)19-7-2-1-6-18(19)15-17-5-3-8-21-16-17/h1,3-10,16H,2,11-15H2. The Labute approximate surface area is 165 Å². The van der Waals surface area contributed by atoms with Gasteiger partial charge in [0.2, 0.25) is 16.0 Å². The molecule has 1 saturated heterocycles. The van der Waals surface area contributed by atoms with Gasteiger partial charge >= 0.3 is 0 Å². The van der Waals surface area contributed by atoms with Crippen LogP contribution in [0, 0.1) is 6.42 Å². The van der Waals surface area contributed by atoms with Crippen molar-refractivity contribution in [2.75, 3.05) is 31.1 Å². The number of sulfonamides is 1. The minimum Gasteiger partial charge on any atom is -0.338 e. The molecule has 2 aromatic heterocycles. The molecule has 0 bridgehead atoms. The molecule has 1 radical (unpaired) electrons. The molecule has 0 atom stereocenters. The van der Waals surface area contributed by atoms with E-state index in [1.54, 1.807) is 35.2 Å². The fourth-order valence-corrected chi connectivity index (χ4v) is 5.16. The number of nitrogens with zero attached hydrogens (tertiary/aromatic N) is 5. The summed E-state index contributed by atoms with van der Waals surface area (Å²) in [6.07, 6.45) is 13.8. The van der Waals surface area contributed by atoms with Crippen molar-refractivity contribution in [1.29, 1.82) is 0 Å². The first kappa shape index (κ1) is 18.8. The van der Waals surface area contributed by atoms with Gasteiger partial charge in [0, 0.05) is 51.0 Å². The van der Waals surface area contributed by atoms with E-state index in [0.29, 0.717) is 49.9 Å². The van der Waals surface area contributed by atoms with E-state index >= 15 is 0 Å². The Bertz CT molecular complexity index is 966. The highest BCUT2D eigenvalue weighted by molar-refractivity contribution is 7.93. The summed E-state index contributed by atoms with van der Waals surface area (Å²) in [7, 11) is -3.54. The lowest BCUT2D eigenvalue weighted by atomic mass is 10.0. The predicted molar refractivity (Wildman–Crippen MR) is 108 cm³/mol. The van der Waals surface area contributed by atoms with E-state index in [-0.39, 0.29) is 0 Å². The highest BCUT2D eigenvalue weighted by Crippen LogP contribution is 2.29. The monoisotopic (exact) mass is 396 g/mol. The van der Waals surface area contributed by atoms with Crippen LogP contribution in [-0.2, 0) is 16.4 Å². The molecule has 2 aliphatic rings. The molecule has 1 aliphatic carbocycles. The van der Waals surface area contributed by atoms with Crippen LogP contribution < -0.4 is 4.90 Å². The van der Waals surface area contributed by atoms with Gasteiger partial charge in [0.05, 0.1) is 4.91 Å². The molecular formula is C20H22N5O2S. The lowest BCUT2D eigenvalue weighted by molar-refractivity contribution is 0.386. The average Bonchev–Trinajstić information content (AvgIpc) is 2.75. The van der Waals surface area contributed by atoms with Crippen molar-refractivity contribution in [3.63, 3.8) is 0 Å². The second-order valence-electron chi connectivity index (χ2n) is 6.71. The molecule has 0 aromatic carbocycles. The van der Waals surface area contributed by atoms with Crippen molar-refractivity contribution in [3.8, 4) is 0 Å². The zero-order valence-electron chi connectivity index (χ0n) is 15.5. The number of piperazine rings is 1. The van der Waals surface area contributed by atoms with Gasteiger partial charge in [-0.1, -0.05) is 18.2 Å². The maximum absolute atomic E-state index is 13.3. The molecular weight excluding hydrogens is 374 g/mol. The van der Waals surface area contributed by atoms with Crippen molar-refractivity contribution in [2.45, 2.75) is 12.8 Å². The Hall–Kier alpha value is -2.58. The first-order valence-corrected chi connectivity index (χ1v) is 10.7. The van der Waals surface area contributed by atoms with Crippen LogP contribution in [0.15, 0.2) is 65.6 Å². The highest BCUT2D eigenvalue weighted by Gasteiger charge is 2.32. The minimum absolute atomic E-state index is 0.418. The van der Waals surface area contributed by atoms with Crippen molar-refractivity contribution >= 4 is 16.0 Å². The predicted octanol–water partition coefficient (Wildman–Crippen LogP) is 1.98. The molecule has 0 amide bonds. The fraction of sp³-hybridized carbons (Fsp3) is 0.300. The molecule has 0 N–H and O–H groups in total. The van der Waals surface area contributed by atoms with Crippen LogP contribution in [-0.4, -0.2) is 53.9 Å². The number of allylic oxidation sites excluding steroid dienone is 3. The minimum atomic E-state index is -3.54. The van der Waals surface area contributed by atoms with Gasteiger partial charge < -0.3 is 4.90 Å². The molecule has 1 aliphatic heterocycles. The highest BCUT2D eigenvalue weighted by atomic mass is 32.2. The van der Waals surface area contributed by atoms with Gasteiger partial charge in [-0.15, -0.1) is 0 Å². The zero-order valence-corrected chi connectivity index (χ0v) is 16.3.